The second-order valence-electron chi connectivity index (χ2n) is 3.94. The van der Waals surface area contributed by atoms with E-state index in [0.717, 1.165) is 21.5 Å². The highest BCUT2D eigenvalue weighted by molar-refractivity contribution is 9.10. The van der Waals surface area contributed by atoms with Crippen LogP contribution >= 0.6 is 27.5 Å². The maximum absolute atomic E-state index is 13.0. The molecule has 0 unspecified atom stereocenters. The van der Waals surface area contributed by atoms with E-state index < -0.39 is 5.82 Å². The standard InChI is InChI=1S/C14H12BrClFNO/c1-19-14-5-2-10(15)6-9(14)8-18-11-3-4-13(17)12(16)7-11/h2-7,18H,8H2,1H3. The largest absolute Gasteiger partial charge is 0.496 e. The second kappa shape index (κ2) is 6.26. The highest BCUT2D eigenvalue weighted by atomic mass is 79.9. The first-order chi connectivity index (χ1) is 9.10. The van der Waals surface area contributed by atoms with E-state index in [4.69, 9.17) is 16.3 Å². The van der Waals surface area contributed by atoms with Crippen LogP contribution in [-0.4, -0.2) is 7.11 Å². The molecule has 19 heavy (non-hydrogen) atoms. The fourth-order valence-electron chi connectivity index (χ4n) is 1.69. The minimum atomic E-state index is -0.424. The molecular formula is C14H12BrClFNO. The molecule has 0 amide bonds. The van der Waals surface area contributed by atoms with Crippen molar-refractivity contribution >= 4 is 33.2 Å². The number of benzene rings is 2. The molecule has 0 aliphatic carbocycles. The molecule has 0 bridgehead atoms. The molecule has 2 nitrogen and oxygen atoms in total. The molecule has 0 atom stereocenters. The van der Waals surface area contributed by atoms with Crippen molar-refractivity contribution in [1.82, 2.24) is 0 Å². The van der Waals surface area contributed by atoms with Crippen LogP contribution in [0.25, 0.3) is 0 Å². The van der Waals surface area contributed by atoms with Gasteiger partial charge in [-0.15, -0.1) is 0 Å². The SMILES string of the molecule is COc1ccc(Br)cc1CNc1ccc(F)c(Cl)c1. The number of hydrogen-bond acceptors (Lipinski definition) is 2. The summed E-state index contributed by atoms with van der Waals surface area (Å²) in [5.41, 5.74) is 1.76. The summed E-state index contributed by atoms with van der Waals surface area (Å²) in [6.45, 7) is 0.560. The number of rotatable bonds is 4. The normalized spacial score (nSPS) is 10.3. The van der Waals surface area contributed by atoms with Crippen LogP contribution in [0.3, 0.4) is 0 Å². The van der Waals surface area contributed by atoms with E-state index in [1.807, 2.05) is 18.2 Å². The van der Waals surface area contributed by atoms with E-state index in [1.165, 1.54) is 6.07 Å². The lowest BCUT2D eigenvalue weighted by atomic mass is 10.2. The molecule has 0 heterocycles. The van der Waals surface area contributed by atoms with Gasteiger partial charge >= 0.3 is 0 Å². The van der Waals surface area contributed by atoms with E-state index >= 15 is 0 Å². The minimum absolute atomic E-state index is 0.103. The summed E-state index contributed by atoms with van der Waals surface area (Å²) in [5, 5.41) is 3.28. The monoisotopic (exact) mass is 343 g/mol. The summed E-state index contributed by atoms with van der Waals surface area (Å²) in [5.74, 6) is 0.371. The summed E-state index contributed by atoms with van der Waals surface area (Å²) in [4.78, 5) is 0. The number of ether oxygens (including phenoxy) is 1. The Hall–Kier alpha value is -1.26. The number of halogens is 3. The van der Waals surface area contributed by atoms with Crippen LogP contribution in [0.1, 0.15) is 5.56 Å². The molecule has 2 aromatic carbocycles. The number of methoxy groups -OCH3 is 1. The number of hydrogen-bond donors (Lipinski definition) is 1. The zero-order valence-corrected chi connectivity index (χ0v) is 12.6. The predicted molar refractivity (Wildman–Crippen MR) is 79.4 cm³/mol. The van der Waals surface area contributed by atoms with Crippen molar-refractivity contribution in [2.45, 2.75) is 6.54 Å². The molecule has 0 saturated heterocycles. The van der Waals surface area contributed by atoms with Gasteiger partial charge in [0.05, 0.1) is 12.1 Å². The highest BCUT2D eigenvalue weighted by Gasteiger charge is 2.05. The van der Waals surface area contributed by atoms with Crippen LogP contribution in [-0.2, 0) is 6.54 Å². The first-order valence-electron chi connectivity index (χ1n) is 5.61. The topological polar surface area (TPSA) is 21.3 Å². The maximum Gasteiger partial charge on any atom is 0.141 e. The molecule has 5 heteroatoms. The van der Waals surface area contributed by atoms with Gasteiger partial charge in [0.25, 0.3) is 0 Å². The predicted octanol–water partition coefficient (Wildman–Crippen LogP) is 4.86. The first-order valence-corrected chi connectivity index (χ1v) is 6.78. The Kier molecular flexibility index (Phi) is 4.66. The van der Waals surface area contributed by atoms with E-state index in [1.54, 1.807) is 19.2 Å². The van der Waals surface area contributed by atoms with Crippen molar-refractivity contribution in [2.75, 3.05) is 12.4 Å². The fourth-order valence-corrected chi connectivity index (χ4v) is 2.28. The Morgan fingerprint density at radius 3 is 2.74 bits per heavy atom. The lowest BCUT2D eigenvalue weighted by Gasteiger charge is -2.11. The molecule has 2 rings (SSSR count). The molecule has 0 aliphatic rings. The molecule has 1 N–H and O–H groups in total. The summed E-state index contributed by atoms with van der Waals surface area (Å²) in [6.07, 6.45) is 0. The van der Waals surface area contributed by atoms with E-state index in [0.29, 0.717) is 6.54 Å². The quantitative estimate of drug-likeness (QED) is 0.855. The van der Waals surface area contributed by atoms with Crippen LogP contribution in [0.5, 0.6) is 5.75 Å². The third-order valence-electron chi connectivity index (χ3n) is 2.65. The van der Waals surface area contributed by atoms with Crippen molar-refractivity contribution in [2.24, 2.45) is 0 Å². The molecule has 0 saturated carbocycles. The van der Waals surface area contributed by atoms with Crippen LogP contribution in [0.4, 0.5) is 10.1 Å². The first kappa shape index (κ1) is 14.2. The molecule has 0 spiro atoms. The molecule has 100 valence electrons. The maximum atomic E-state index is 13.0. The molecule has 2 aromatic rings. The molecule has 0 fully saturated rings. The van der Waals surface area contributed by atoms with Crippen molar-refractivity contribution < 1.29 is 9.13 Å². The Balaban J connectivity index is 2.13. The molecule has 0 aromatic heterocycles. The van der Waals surface area contributed by atoms with Gasteiger partial charge in [-0.1, -0.05) is 27.5 Å². The van der Waals surface area contributed by atoms with E-state index in [2.05, 4.69) is 21.2 Å². The summed E-state index contributed by atoms with van der Waals surface area (Å²) >= 11 is 9.15. The lowest BCUT2D eigenvalue weighted by molar-refractivity contribution is 0.410. The van der Waals surface area contributed by atoms with Gasteiger partial charge in [0.1, 0.15) is 11.6 Å². The third-order valence-corrected chi connectivity index (χ3v) is 3.43. The highest BCUT2D eigenvalue weighted by Crippen LogP contribution is 2.25. The van der Waals surface area contributed by atoms with Gasteiger partial charge in [-0.2, -0.15) is 0 Å². The number of anilines is 1. The van der Waals surface area contributed by atoms with Gasteiger partial charge < -0.3 is 10.1 Å². The Morgan fingerprint density at radius 1 is 1.26 bits per heavy atom. The van der Waals surface area contributed by atoms with Crippen LogP contribution in [0, 0.1) is 5.82 Å². The van der Waals surface area contributed by atoms with Crippen molar-refractivity contribution in [3.63, 3.8) is 0 Å². The zero-order chi connectivity index (χ0) is 13.8. The minimum Gasteiger partial charge on any atom is -0.496 e. The van der Waals surface area contributed by atoms with Crippen molar-refractivity contribution in [1.29, 1.82) is 0 Å². The summed E-state index contributed by atoms with van der Waals surface area (Å²) in [7, 11) is 1.63. The number of nitrogens with one attached hydrogen (secondary N) is 1. The Morgan fingerprint density at radius 2 is 2.05 bits per heavy atom. The third kappa shape index (κ3) is 3.61. The molecule has 0 aliphatic heterocycles. The Bertz CT molecular complexity index is 592. The van der Waals surface area contributed by atoms with Crippen molar-refractivity contribution in [3.8, 4) is 5.75 Å². The average Bonchev–Trinajstić information content (AvgIpc) is 2.40. The van der Waals surface area contributed by atoms with Crippen LogP contribution in [0.2, 0.25) is 5.02 Å². The zero-order valence-electron chi connectivity index (χ0n) is 10.2. The van der Waals surface area contributed by atoms with Gasteiger partial charge in [-0.3, -0.25) is 0 Å². The molecule has 0 radical (unpaired) electrons. The van der Waals surface area contributed by atoms with Gasteiger partial charge in [-0.25, -0.2) is 4.39 Å². The van der Waals surface area contributed by atoms with Gasteiger partial charge in [0, 0.05) is 22.3 Å². The summed E-state index contributed by atoms with van der Waals surface area (Å²) in [6, 6.07) is 10.3. The molecular weight excluding hydrogens is 333 g/mol. The average molecular weight is 345 g/mol. The van der Waals surface area contributed by atoms with Gasteiger partial charge in [-0.05, 0) is 36.4 Å². The Labute approximate surface area is 124 Å². The second-order valence-corrected chi connectivity index (χ2v) is 5.26. The van der Waals surface area contributed by atoms with Crippen LogP contribution < -0.4 is 10.1 Å². The lowest BCUT2D eigenvalue weighted by Crippen LogP contribution is -2.02. The van der Waals surface area contributed by atoms with E-state index in [-0.39, 0.29) is 5.02 Å². The fraction of sp³-hybridized carbons (Fsp3) is 0.143. The smallest absolute Gasteiger partial charge is 0.141 e. The van der Waals surface area contributed by atoms with E-state index in [9.17, 15) is 4.39 Å². The van der Waals surface area contributed by atoms with Gasteiger partial charge in [0.2, 0.25) is 0 Å². The summed E-state index contributed by atoms with van der Waals surface area (Å²) < 4.78 is 19.3. The van der Waals surface area contributed by atoms with Gasteiger partial charge in [0.15, 0.2) is 0 Å². The van der Waals surface area contributed by atoms with Crippen molar-refractivity contribution in [3.05, 3.63) is 57.3 Å². The van der Waals surface area contributed by atoms with Crippen LogP contribution in [0.15, 0.2) is 40.9 Å².